The number of ether oxygens (including phenoxy) is 3. The minimum Gasteiger partial charge on any atom is -0.493 e. The van der Waals surface area contributed by atoms with Crippen molar-refractivity contribution in [2.24, 2.45) is 0 Å². The van der Waals surface area contributed by atoms with Crippen molar-refractivity contribution in [3.05, 3.63) is 18.2 Å². The van der Waals surface area contributed by atoms with Crippen LogP contribution in [0.1, 0.15) is 40.5 Å². The summed E-state index contributed by atoms with van der Waals surface area (Å²) >= 11 is 0. The highest BCUT2D eigenvalue weighted by Crippen LogP contribution is 2.31. The third kappa shape index (κ3) is 5.73. The molecule has 1 heterocycles. The molecule has 1 aliphatic rings. The first-order valence-electron chi connectivity index (χ1n) is 8.87. The summed E-state index contributed by atoms with van der Waals surface area (Å²) in [5.41, 5.74) is 0.543. The number of amides is 1. The topological polar surface area (TPSA) is 60.0 Å². The maximum absolute atomic E-state index is 12.1. The Balaban J connectivity index is 1.88. The van der Waals surface area contributed by atoms with E-state index in [1.54, 1.807) is 12.0 Å². The minimum absolute atomic E-state index is 0.228. The van der Waals surface area contributed by atoms with E-state index in [-0.39, 0.29) is 6.09 Å². The second-order valence-corrected chi connectivity index (χ2v) is 7.18. The van der Waals surface area contributed by atoms with Gasteiger partial charge in [0.05, 0.1) is 13.7 Å². The van der Waals surface area contributed by atoms with Crippen molar-refractivity contribution in [2.75, 3.05) is 32.1 Å². The van der Waals surface area contributed by atoms with Crippen molar-refractivity contribution in [1.82, 2.24) is 4.90 Å². The molecule has 0 unspecified atom stereocenters. The molecule has 0 saturated carbocycles. The van der Waals surface area contributed by atoms with Gasteiger partial charge in [-0.2, -0.15) is 0 Å². The number of nitrogens with zero attached hydrogens (tertiary/aromatic N) is 1. The van der Waals surface area contributed by atoms with Crippen LogP contribution < -0.4 is 14.8 Å². The van der Waals surface area contributed by atoms with E-state index < -0.39 is 5.60 Å². The first kappa shape index (κ1) is 19.2. The molecule has 0 aliphatic carbocycles. The summed E-state index contributed by atoms with van der Waals surface area (Å²) in [6.45, 7) is 9.60. The highest BCUT2D eigenvalue weighted by Gasteiger charge is 2.26. The minimum atomic E-state index is -0.453. The van der Waals surface area contributed by atoms with E-state index in [2.05, 4.69) is 5.32 Å². The lowest BCUT2D eigenvalue weighted by atomic mass is 10.0. The van der Waals surface area contributed by atoms with Crippen LogP contribution in [0, 0.1) is 0 Å². The van der Waals surface area contributed by atoms with Crippen LogP contribution in [0.3, 0.4) is 0 Å². The second-order valence-electron chi connectivity index (χ2n) is 7.18. The van der Waals surface area contributed by atoms with Gasteiger partial charge < -0.3 is 24.4 Å². The monoisotopic (exact) mass is 350 g/mol. The van der Waals surface area contributed by atoms with Crippen LogP contribution in [0.2, 0.25) is 0 Å². The lowest BCUT2D eigenvalue weighted by Crippen LogP contribution is -2.44. The molecular formula is C19H30N2O4. The predicted molar refractivity (Wildman–Crippen MR) is 98.6 cm³/mol. The van der Waals surface area contributed by atoms with Gasteiger partial charge in [0, 0.05) is 30.9 Å². The van der Waals surface area contributed by atoms with E-state index in [1.165, 1.54) is 0 Å². The summed E-state index contributed by atoms with van der Waals surface area (Å²) in [6, 6.07) is 6.18. The molecule has 25 heavy (non-hydrogen) atoms. The number of nitrogens with one attached hydrogen (secondary N) is 1. The van der Waals surface area contributed by atoms with Gasteiger partial charge in [-0.15, -0.1) is 0 Å². The molecule has 1 aliphatic heterocycles. The fourth-order valence-electron chi connectivity index (χ4n) is 2.80. The lowest BCUT2D eigenvalue weighted by molar-refractivity contribution is 0.0210. The Labute approximate surface area is 150 Å². The van der Waals surface area contributed by atoms with Gasteiger partial charge in [0.2, 0.25) is 0 Å². The van der Waals surface area contributed by atoms with Crippen LogP contribution in [-0.4, -0.2) is 49.4 Å². The number of hydrogen-bond acceptors (Lipinski definition) is 5. The number of methoxy groups -OCH3 is 1. The first-order valence-corrected chi connectivity index (χ1v) is 8.87. The van der Waals surface area contributed by atoms with Crippen LogP contribution in [-0.2, 0) is 4.74 Å². The molecule has 1 fully saturated rings. The quantitative estimate of drug-likeness (QED) is 0.872. The third-order valence-electron chi connectivity index (χ3n) is 3.98. The molecule has 0 atom stereocenters. The van der Waals surface area contributed by atoms with Crippen molar-refractivity contribution >= 4 is 11.8 Å². The van der Waals surface area contributed by atoms with Crippen LogP contribution >= 0.6 is 0 Å². The Morgan fingerprint density at radius 1 is 1.24 bits per heavy atom. The van der Waals surface area contributed by atoms with Gasteiger partial charge in [-0.25, -0.2) is 4.79 Å². The van der Waals surface area contributed by atoms with Crippen LogP contribution in [0.25, 0.3) is 0 Å². The predicted octanol–water partition coefficient (Wildman–Crippen LogP) is 3.91. The Bertz CT molecular complexity index is 575. The Morgan fingerprint density at radius 2 is 1.92 bits per heavy atom. The number of rotatable bonds is 5. The zero-order valence-electron chi connectivity index (χ0n) is 15.9. The van der Waals surface area contributed by atoms with E-state index in [1.807, 2.05) is 45.9 Å². The smallest absolute Gasteiger partial charge is 0.410 e. The van der Waals surface area contributed by atoms with Gasteiger partial charge >= 0.3 is 6.09 Å². The number of hydrogen-bond donors (Lipinski definition) is 1. The molecule has 140 valence electrons. The number of carbonyl (C=O) groups is 1. The van der Waals surface area contributed by atoms with Crippen molar-refractivity contribution in [1.29, 1.82) is 0 Å². The fraction of sp³-hybridized carbons (Fsp3) is 0.632. The molecule has 0 aromatic heterocycles. The molecule has 6 heteroatoms. The molecule has 1 amide bonds. The van der Waals surface area contributed by atoms with Crippen molar-refractivity contribution in [3.63, 3.8) is 0 Å². The normalized spacial score (nSPS) is 15.6. The number of likely N-dealkylation sites (tertiary alicyclic amines) is 1. The molecule has 0 bridgehead atoms. The lowest BCUT2D eigenvalue weighted by Gasteiger charge is -2.34. The molecule has 1 aromatic rings. The zero-order valence-corrected chi connectivity index (χ0v) is 15.9. The van der Waals surface area contributed by atoms with Gasteiger partial charge in [0.15, 0.2) is 11.5 Å². The van der Waals surface area contributed by atoms with Crippen LogP contribution in [0.4, 0.5) is 10.5 Å². The Morgan fingerprint density at radius 3 is 2.48 bits per heavy atom. The maximum Gasteiger partial charge on any atom is 0.410 e. The maximum atomic E-state index is 12.1. The number of piperidine rings is 1. The van der Waals surface area contributed by atoms with E-state index in [4.69, 9.17) is 14.2 Å². The fourth-order valence-corrected chi connectivity index (χ4v) is 2.80. The van der Waals surface area contributed by atoms with E-state index in [9.17, 15) is 4.79 Å². The van der Waals surface area contributed by atoms with E-state index in [0.29, 0.717) is 25.7 Å². The first-order chi connectivity index (χ1) is 11.8. The summed E-state index contributed by atoms with van der Waals surface area (Å²) < 4.78 is 16.4. The molecule has 6 nitrogen and oxygen atoms in total. The van der Waals surface area contributed by atoms with Crippen LogP contribution in [0.15, 0.2) is 18.2 Å². The number of benzene rings is 1. The average molecular weight is 350 g/mol. The zero-order chi connectivity index (χ0) is 18.4. The van der Waals surface area contributed by atoms with E-state index in [0.717, 1.165) is 30.0 Å². The Hall–Kier alpha value is -2.11. The Kier molecular flexibility index (Phi) is 6.39. The summed E-state index contributed by atoms with van der Waals surface area (Å²) in [7, 11) is 1.64. The summed E-state index contributed by atoms with van der Waals surface area (Å²) in [5.74, 6) is 1.47. The van der Waals surface area contributed by atoms with Gasteiger partial charge in [-0.3, -0.25) is 0 Å². The largest absolute Gasteiger partial charge is 0.493 e. The second kappa shape index (κ2) is 8.32. The SMILES string of the molecule is CCOc1ccc(NC2CCN(C(=O)OC(C)(C)C)CC2)cc1OC. The van der Waals surface area contributed by atoms with Crippen LogP contribution in [0.5, 0.6) is 11.5 Å². The summed E-state index contributed by atoms with van der Waals surface area (Å²) in [4.78, 5) is 13.9. The van der Waals surface area contributed by atoms with Crippen molar-refractivity contribution in [2.45, 2.75) is 52.2 Å². The highest BCUT2D eigenvalue weighted by atomic mass is 16.6. The van der Waals surface area contributed by atoms with Gasteiger partial charge in [0.1, 0.15) is 5.60 Å². The van der Waals surface area contributed by atoms with Crippen molar-refractivity contribution < 1.29 is 19.0 Å². The molecule has 0 spiro atoms. The molecular weight excluding hydrogens is 320 g/mol. The summed E-state index contributed by atoms with van der Waals surface area (Å²) in [6.07, 6.45) is 1.54. The molecule has 1 N–H and O–H groups in total. The third-order valence-corrected chi connectivity index (χ3v) is 3.98. The standard InChI is InChI=1S/C19H30N2O4/c1-6-24-16-8-7-15(13-17(16)23-5)20-14-9-11-21(12-10-14)18(22)25-19(2,3)4/h7-8,13-14,20H,6,9-12H2,1-5H3. The molecule has 1 saturated heterocycles. The van der Waals surface area contributed by atoms with Gasteiger partial charge in [0.25, 0.3) is 0 Å². The summed E-state index contributed by atoms with van der Waals surface area (Å²) in [5, 5.41) is 3.52. The number of carbonyl (C=O) groups excluding carboxylic acids is 1. The molecule has 2 rings (SSSR count). The van der Waals surface area contributed by atoms with Gasteiger partial charge in [-0.1, -0.05) is 0 Å². The van der Waals surface area contributed by atoms with Crippen molar-refractivity contribution in [3.8, 4) is 11.5 Å². The number of anilines is 1. The van der Waals surface area contributed by atoms with Gasteiger partial charge in [-0.05, 0) is 52.7 Å². The highest BCUT2D eigenvalue weighted by molar-refractivity contribution is 5.68. The molecule has 0 radical (unpaired) electrons. The van der Waals surface area contributed by atoms with E-state index >= 15 is 0 Å². The molecule has 1 aromatic carbocycles. The average Bonchev–Trinajstić information content (AvgIpc) is 2.55.